The molecule has 0 atom stereocenters. The lowest BCUT2D eigenvalue weighted by molar-refractivity contribution is -0.115. The molecule has 1 saturated carbocycles. The number of hydrogen-bond donors (Lipinski definition) is 2. The molecule has 1 heterocycles. The van der Waals surface area contributed by atoms with Crippen molar-refractivity contribution < 1.29 is 9.90 Å². The van der Waals surface area contributed by atoms with Gasteiger partial charge in [0.15, 0.2) is 5.78 Å². The molecule has 0 radical (unpaired) electrons. The Morgan fingerprint density at radius 3 is 2.50 bits per heavy atom. The Bertz CT molecular complexity index is 442. The van der Waals surface area contributed by atoms with Crippen LogP contribution in [-0.2, 0) is 17.6 Å². The molecule has 110 valence electrons. The number of aliphatic hydroxyl groups is 1. The zero-order valence-corrected chi connectivity index (χ0v) is 12.0. The lowest BCUT2D eigenvalue weighted by Gasteiger charge is -1.95. The average molecular weight is 276 g/mol. The van der Waals surface area contributed by atoms with Gasteiger partial charge >= 0.3 is 0 Å². The van der Waals surface area contributed by atoms with Gasteiger partial charge < -0.3 is 5.11 Å². The second-order valence-corrected chi connectivity index (χ2v) is 5.57. The van der Waals surface area contributed by atoms with E-state index in [1.54, 1.807) is 0 Å². The summed E-state index contributed by atoms with van der Waals surface area (Å²) >= 11 is 0. The summed E-state index contributed by atoms with van der Waals surface area (Å²) in [7, 11) is 0. The van der Waals surface area contributed by atoms with E-state index in [0.717, 1.165) is 31.9 Å². The highest BCUT2D eigenvalue weighted by atomic mass is 16.2. The highest BCUT2D eigenvalue weighted by Gasteiger charge is 2.12. The number of aromatic amines is 1. The smallest absolute Gasteiger partial charge is 0.161 e. The van der Waals surface area contributed by atoms with Crippen molar-refractivity contribution in [3.8, 4) is 0 Å². The van der Waals surface area contributed by atoms with E-state index in [1.807, 2.05) is 6.20 Å². The zero-order chi connectivity index (χ0) is 14.2. The summed E-state index contributed by atoms with van der Waals surface area (Å²) in [6.07, 6.45) is 13.9. The van der Waals surface area contributed by atoms with E-state index in [4.69, 9.17) is 5.11 Å². The second-order valence-electron chi connectivity index (χ2n) is 5.57. The molecule has 2 aliphatic rings. The molecule has 4 nitrogen and oxygen atoms in total. The topological polar surface area (TPSA) is 66.0 Å². The first kappa shape index (κ1) is 14.8. The third kappa shape index (κ3) is 4.22. The predicted molar refractivity (Wildman–Crippen MR) is 78.7 cm³/mol. The highest BCUT2D eigenvalue weighted by molar-refractivity contribution is 5.95. The first-order valence-corrected chi connectivity index (χ1v) is 7.69. The third-order valence-corrected chi connectivity index (χ3v) is 4.04. The van der Waals surface area contributed by atoms with Crippen LogP contribution < -0.4 is 0 Å². The number of hydrogen-bond acceptors (Lipinski definition) is 3. The summed E-state index contributed by atoms with van der Waals surface area (Å²) < 4.78 is 0. The van der Waals surface area contributed by atoms with E-state index in [2.05, 4.69) is 10.2 Å². The molecule has 3 rings (SSSR count). The Labute approximate surface area is 120 Å². The molecule has 0 spiro atoms. The molecule has 4 heteroatoms. The van der Waals surface area contributed by atoms with Crippen molar-refractivity contribution in [1.82, 2.24) is 10.2 Å². The van der Waals surface area contributed by atoms with Gasteiger partial charge in [-0.15, -0.1) is 0 Å². The van der Waals surface area contributed by atoms with E-state index in [-0.39, 0.29) is 5.78 Å². The minimum atomic E-state index is 0.125. The van der Waals surface area contributed by atoms with Crippen LogP contribution in [0.2, 0.25) is 0 Å². The van der Waals surface area contributed by atoms with E-state index < -0.39 is 0 Å². The maximum absolute atomic E-state index is 11.0. The van der Waals surface area contributed by atoms with Crippen LogP contribution in [0, 0.1) is 0 Å². The summed E-state index contributed by atoms with van der Waals surface area (Å²) in [5, 5.41) is 15.7. The van der Waals surface area contributed by atoms with Crippen molar-refractivity contribution in [2.45, 2.75) is 64.2 Å². The minimum Gasteiger partial charge on any atom is -0.515 e. The van der Waals surface area contributed by atoms with Crippen molar-refractivity contribution in [2.24, 2.45) is 0 Å². The number of fused-ring (bicyclic) bond motifs is 1. The van der Waals surface area contributed by atoms with Gasteiger partial charge in [-0.1, -0.05) is 12.8 Å². The molecule has 1 aromatic rings. The van der Waals surface area contributed by atoms with Crippen molar-refractivity contribution in [3.05, 3.63) is 29.3 Å². The first-order valence-electron chi connectivity index (χ1n) is 7.69. The van der Waals surface area contributed by atoms with Gasteiger partial charge in [0.05, 0.1) is 12.5 Å². The van der Waals surface area contributed by atoms with Gasteiger partial charge in [-0.05, 0) is 50.5 Å². The van der Waals surface area contributed by atoms with Crippen LogP contribution in [0.4, 0.5) is 0 Å². The van der Waals surface area contributed by atoms with Crippen LogP contribution in [-0.4, -0.2) is 21.1 Å². The fraction of sp³-hybridized carbons (Fsp3) is 0.625. The summed E-state index contributed by atoms with van der Waals surface area (Å²) in [5.41, 5.74) is 3.42. The predicted octanol–water partition coefficient (Wildman–Crippen LogP) is 3.64. The van der Waals surface area contributed by atoms with Crippen LogP contribution in [0.15, 0.2) is 18.0 Å². The molecule has 2 aliphatic carbocycles. The molecule has 0 bridgehead atoms. The second kappa shape index (κ2) is 7.88. The maximum atomic E-state index is 11.0. The Kier molecular flexibility index (Phi) is 5.84. The molecular formula is C16H24N2O2. The minimum absolute atomic E-state index is 0.125. The summed E-state index contributed by atoms with van der Waals surface area (Å²) in [5.74, 6) is 0.125. The van der Waals surface area contributed by atoms with Crippen LogP contribution in [0.1, 0.15) is 62.6 Å². The summed E-state index contributed by atoms with van der Waals surface area (Å²) in [4.78, 5) is 11.0. The number of ketones is 1. The van der Waals surface area contributed by atoms with Crippen molar-refractivity contribution in [2.75, 3.05) is 0 Å². The molecule has 0 amide bonds. The molecule has 20 heavy (non-hydrogen) atoms. The van der Waals surface area contributed by atoms with Gasteiger partial charge in [-0.2, -0.15) is 5.10 Å². The number of carbonyl (C=O) groups excluding carboxylic acids is 1. The first-order chi connectivity index (χ1) is 9.81. The zero-order valence-electron chi connectivity index (χ0n) is 12.0. The molecule has 1 fully saturated rings. The number of aryl methyl sites for hydroxylation is 2. The Balaban J connectivity index is 0.000000147. The molecule has 2 N–H and O–H groups in total. The quantitative estimate of drug-likeness (QED) is 0.329. The van der Waals surface area contributed by atoms with Crippen LogP contribution in [0.25, 0.3) is 0 Å². The Morgan fingerprint density at radius 1 is 1.00 bits per heavy atom. The molecule has 0 aromatic carbocycles. The summed E-state index contributed by atoms with van der Waals surface area (Å²) in [6, 6.07) is 0. The van der Waals surface area contributed by atoms with E-state index >= 15 is 0 Å². The van der Waals surface area contributed by atoms with E-state index in [1.165, 1.54) is 43.4 Å². The Morgan fingerprint density at radius 2 is 1.70 bits per heavy atom. The van der Waals surface area contributed by atoms with Gasteiger partial charge in [0.1, 0.15) is 0 Å². The molecule has 0 saturated heterocycles. The molecule has 0 aliphatic heterocycles. The van der Waals surface area contributed by atoms with Gasteiger partial charge in [0, 0.05) is 17.7 Å². The van der Waals surface area contributed by atoms with Crippen molar-refractivity contribution in [1.29, 1.82) is 0 Å². The lowest BCUT2D eigenvalue weighted by Crippen LogP contribution is -1.98. The number of H-pyrrole nitrogens is 1. The van der Waals surface area contributed by atoms with Crippen molar-refractivity contribution in [3.63, 3.8) is 0 Å². The fourth-order valence-electron chi connectivity index (χ4n) is 2.78. The van der Waals surface area contributed by atoms with Gasteiger partial charge in [0.2, 0.25) is 0 Å². The average Bonchev–Trinajstić information content (AvgIpc) is 2.66. The highest BCUT2D eigenvalue weighted by Crippen LogP contribution is 2.18. The number of Topliss-reactive ketones (excluding diaryl/α,β-unsaturated/α-hetero) is 1. The normalized spacial score (nSPS) is 21.4. The van der Waals surface area contributed by atoms with Crippen LogP contribution >= 0.6 is 0 Å². The third-order valence-electron chi connectivity index (χ3n) is 4.04. The standard InChI is InChI=1S/C8H12N2.C8H12O2/c1-2-4-7-6-9-10-8(7)5-3-1;9-6-7-4-2-1-3-5-8(7)10/h6H,1-5H2,(H,9,10);6,9H,1-5H2/b;7-6-. The summed E-state index contributed by atoms with van der Waals surface area (Å²) in [6.45, 7) is 0. The fourth-order valence-corrected chi connectivity index (χ4v) is 2.78. The van der Waals surface area contributed by atoms with Gasteiger partial charge in [0.25, 0.3) is 0 Å². The number of nitrogens with one attached hydrogen (secondary N) is 1. The van der Waals surface area contributed by atoms with Gasteiger partial charge in [-0.3, -0.25) is 9.89 Å². The molecule has 0 unspecified atom stereocenters. The van der Waals surface area contributed by atoms with E-state index in [9.17, 15) is 4.79 Å². The van der Waals surface area contributed by atoms with E-state index in [0.29, 0.717) is 12.0 Å². The number of aromatic nitrogens is 2. The monoisotopic (exact) mass is 276 g/mol. The number of nitrogens with zero attached hydrogens (tertiary/aromatic N) is 1. The van der Waals surface area contributed by atoms with Crippen molar-refractivity contribution >= 4 is 5.78 Å². The van der Waals surface area contributed by atoms with Gasteiger partial charge in [-0.25, -0.2) is 0 Å². The number of allylic oxidation sites excluding steroid dienone is 1. The lowest BCUT2D eigenvalue weighted by atomic mass is 10.1. The van der Waals surface area contributed by atoms with Crippen LogP contribution in [0.3, 0.4) is 0 Å². The number of aliphatic hydroxyl groups excluding tert-OH is 1. The Hall–Kier alpha value is -1.58. The van der Waals surface area contributed by atoms with Crippen LogP contribution in [0.5, 0.6) is 0 Å². The number of rotatable bonds is 0. The number of carbonyl (C=O) groups is 1. The largest absolute Gasteiger partial charge is 0.515 e. The molecule has 1 aromatic heterocycles. The maximum Gasteiger partial charge on any atom is 0.161 e. The molecular weight excluding hydrogens is 252 g/mol. The SMILES string of the molecule is O=C1CCCCC/C1=C/O.c1n[nH]c2c1CCCCC2.